The van der Waals surface area contributed by atoms with E-state index in [2.05, 4.69) is 10.3 Å². The van der Waals surface area contributed by atoms with Crippen LogP contribution in [0.15, 0.2) is 47.6 Å². The predicted octanol–water partition coefficient (Wildman–Crippen LogP) is 2.89. The minimum atomic E-state index is -3.62. The van der Waals surface area contributed by atoms with Crippen LogP contribution < -0.4 is 10.1 Å². The third kappa shape index (κ3) is 4.39. The summed E-state index contributed by atoms with van der Waals surface area (Å²) in [6.07, 6.45) is 6.16. The highest BCUT2D eigenvalue weighted by molar-refractivity contribution is 7.89. The molecule has 0 radical (unpaired) electrons. The van der Waals surface area contributed by atoms with Crippen molar-refractivity contribution in [3.63, 3.8) is 0 Å². The van der Waals surface area contributed by atoms with E-state index in [0.717, 1.165) is 37.2 Å². The standard InChI is InChI=1S/C21H27N3O4S/c1-27-18-5-2-4-16(12-18)13-23-19-7-9-22-14-21(19)29(25,26)24-10-8-17(15-24)20-6-3-11-28-20/h2,4-5,7,9,12,14,17,20H,3,6,8,10-11,13,15H2,1H3,(H,22,23). The smallest absolute Gasteiger partial charge is 0.246 e. The summed E-state index contributed by atoms with van der Waals surface area (Å²) in [5.74, 6) is 1.04. The van der Waals surface area contributed by atoms with Crippen molar-refractivity contribution >= 4 is 15.7 Å². The third-order valence-electron chi connectivity index (χ3n) is 5.70. The average molecular weight is 418 g/mol. The van der Waals surface area contributed by atoms with Gasteiger partial charge in [0.05, 0.1) is 18.9 Å². The normalized spacial score (nSPS) is 22.7. The first kappa shape index (κ1) is 20.1. The number of hydrogen-bond donors (Lipinski definition) is 1. The number of anilines is 1. The molecule has 2 atom stereocenters. The fourth-order valence-corrected chi connectivity index (χ4v) is 5.72. The largest absolute Gasteiger partial charge is 0.497 e. The van der Waals surface area contributed by atoms with Crippen LogP contribution in [-0.4, -0.2) is 50.6 Å². The first-order valence-electron chi connectivity index (χ1n) is 10.0. The molecule has 3 heterocycles. The summed E-state index contributed by atoms with van der Waals surface area (Å²) in [6, 6.07) is 9.40. The van der Waals surface area contributed by atoms with Gasteiger partial charge in [-0.2, -0.15) is 4.31 Å². The molecule has 2 aliphatic rings. The molecule has 156 valence electrons. The van der Waals surface area contributed by atoms with Crippen molar-refractivity contribution < 1.29 is 17.9 Å². The number of ether oxygens (including phenoxy) is 2. The second-order valence-corrected chi connectivity index (χ2v) is 9.45. The van der Waals surface area contributed by atoms with Gasteiger partial charge in [-0.25, -0.2) is 8.42 Å². The number of pyridine rings is 1. The Hall–Kier alpha value is -2.16. The number of aromatic nitrogens is 1. The molecular weight excluding hydrogens is 390 g/mol. The van der Waals surface area contributed by atoms with Gasteiger partial charge in [-0.05, 0) is 43.0 Å². The van der Waals surface area contributed by atoms with E-state index in [4.69, 9.17) is 9.47 Å². The first-order valence-corrected chi connectivity index (χ1v) is 11.4. The minimum Gasteiger partial charge on any atom is -0.497 e. The van der Waals surface area contributed by atoms with Crippen LogP contribution in [0, 0.1) is 5.92 Å². The Bertz CT molecular complexity index is 944. The molecule has 1 N–H and O–H groups in total. The summed E-state index contributed by atoms with van der Waals surface area (Å²) in [7, 11) is -2.00. The lowest BCUT2D eigenvalue weighted by atomic mass is 10.00. The molecule has 0 amide bonds. The summed E-state index contributed by atoms with van der Waals surface area (Å²) in [6.45, 7) is 2.31. The molecule has 0 spiro atoms. The van der Waals surface area contributed by atoms with E-state index >= 15 is 0 Å². The lowest BCUT2D eigenvalue weighted by Crippen LogP contribution is -2.31. The highest BCUT2D eigenvalue weighted by atomic mass is 32.2. The molecule has 7 nitrogen and oxygen atoms in total. The van der Waals surface area contributed by atoms with Crippen molar-refractivity contribution in [3.8, 4) is 5.75 Å². The third-order valence-corrected chi connectivity index (χ3v) is 7.59. The molecule has 1 aromatic carbocycles. The van der Waals surface area contributed by atoms with Crippen LogP contribution in [0.25, 0.3) is 0 Å². The van der Waals surface area contributed by atoms with E-state index in [1.807, 2.05) is 24.3 Å². The van der Waals surface area contributed by atoms with E-state index in [1.165, 1.54) is 6.20 Å². The number of nitrogens with one attached hydrogen (secondary N) is 1. The second-order valence-electron chi connectivity index (χ2n) is 7.54. The Morgan fingerprint density at radius 3 is 3.00 bits per heavy atom. The number of rotatable bonds is 7. The molecule has 0 bridgehead atoms. The van der Waals surface area contributed by atoms with Crippen molar-refractivity contribution in [3.05, 3.63) is 48.3 Å². The zero-order valence-electron chi connectivity index (χ0n) is 16.6. The Kier molecular flexibility index (Phi) is 6.03. The summed E-state index contributed by atoms with van der Waals surface area (Å²) in [5.41, 5.74) is 1.56. The van der Waals surface area contributed by atoms with Crippen LogP contribution in [0.1, 0.15) is 24.8 Å². The fourth-order valence-electron chi connectivity index (χ4n) is 4.10. The van der Waals surface area contributed by atoms with Gasteiger partial charge in [0.15, 0.2) is 0 Å². The van der Waals surface area contributed by atoms with Crippen molar-refractivity contribution in [1.29, 1.82) is 0 Å². The van der Waals surface area contributed by atoms with Crippen LogP contribution in [0.4, 0.5) is 5.69 Å². The second kappa shape index (κ2) is 8.69. The maximum absolute atomic E-state index is 13.3. The SMILES string of the molecule is COc1cccc(CNc2ccncc2S(=O)(=O)N2CCC(C3CCCO3)C2)c1. The van der Waals surface area contributed by atoms with E-state index < -0.39 is 10.0 Å². The van der Waals surface area contributed by atoms with E-state index in [9.17, 15) is 8.42 Å². The highest BCUT2D eigenvalue weighted by Gasteiger charge is 2.38. The monoisotopic (exact) mass is 417 g/mol. The molecule has 0 saturated carbocycles. The highest BCUT2D eigenvalue weighted by Crippen LogP contribution is 2.33. The molecule has 2 fully saturated rings. The van der Waals surface area contributed by atoms with Crippen molar-refractivity contribution in [2.45, 2.75) is 36.8 Å². The Morgan fingerprint density at radius 1 is 1.31 bits per heavy atom. The number of nitrogens with zero attached hydrogens (tertiary/aromatic N) is 2. The van der Waals surface area contributed by atoms with Crippen LogP contribution in [-0.2, 0) is 21.3 Å². The van der Waals surface area contributed by atoms with Gasteiger partial charge in [-0.1, -0.05) is 12.1 Å². The zero-order chi connectivity index (χ0) is 20.3. The lowest BCUT2D eigenvalue weighted by Gasteiger charge is -2.21. The van der Waals surface area contributed by atoms with Gasteiger partial charge in [0.1, 0.15) is 10.6 Å². The summed E-state index contributed by atoms with van der Waals surface area (Å²) >= 11 is 0. The van der Waals surface area contributed by atoms with Crippen molar-refractivity contribution in [2.75, 3.05) is 32.1 Å². The van der Waals surface area contributed by atoms with E-state index in [0.29, 0.717) is 25.3 Å². The summed E-state index contributed by atoms with van der Waals surface area (Å²) in [5, 5.41) is 3.25. The summed E-state index contributed by atoms with van der Waals surface area (Å²) < 4.78 is 39.2. The molecule has 29 heavy (non-hydrogen) atoms. The first-order chi connectivity index (χ1) is 14.1. The van der Waals surface area contributed by atoms with Crippen LogP contribution in [0.3, 0.4) is 0 Å². The van der Waals surface area contributed by atoms with Crippen LogP contribution in [0.2, 0.25) is 0 Å². The van der Waals surface area contributed by atoms with Gasteiger partial charge in [0, 0.05) is 44.6 Å². The van der Waals surface area contributed by atoms with Gasteiger partial charge < -0.3 is 14.8 Å². The van der Waals surface area contributed by atoms with Gasteiger partial charge in [0.2, 0.25) is 10.0 Å². The molecule has 2 aliphatic heterocycles. The van der Waals surface area contributed by atoms with Gasteiger partial charge in [0.25, 0.3) is 0 Å². The van der Waals surface area contributed by atoms with Gasteiger partial charge in [-0.3, -0.25) is 4.98 Å². The quantitative estimate of drug-likeness (QED) is 0.746. The molecule has 0 aliphatic carbocycles. The molecule has 4 rings (SSSR count). The molecule has 8 heteroatoms. The summed E-state index contributed by atoms with van der Waals surface area (Å²) in [4.78, 5) is 4.29. The molecule has 1 aromatic heterocycles. The molecule has 2 unspecified atom stereocenters. The minimum absolute atomic E-state index is 0.190. The molecular formula is C21H27N3O4S. The predicted molar refractivity (Wildman–Crippen MR) is 110 cm³/mol. The number of methoxy groups -OCH3 is 1. The molecule has 2 saturated heterocycles. The Morgan fingerprint density at radius 2 is 2.21 bits per heavy atom. The Balaban J connectivity index is 1.49. The Labute approximate surface area is 172 Å². The number of hydrogen-bond acceptors (Lipinski definition) is 6. The van der Waals surface area contributed by atoms with E-state index in [-0.39, 0.29) is 16.9 Å². The van der Waals surface area contributed by atoms with Gasteiger partial charge >= 0.3 is 0 Å². The number of benzene rings is 1. The fraction of sp³-hybridized carbons (Fsp3) is 0.476. The van der Waals surface area contributed by atoms with Crippen LogP contribution >= 0.6 is 0 Å². The maximum Gasteiger partial charge on any atom is 0.246 e. The average Bonchev–Trinajstić information content (AvgIpc) is 3.44. The van der Waals surface area contributed by atoms with Crippen LogP contribution in [0.5, 0.6) is 5.75 Å². The van der Waals surface area contributed by atoms with Gasteiger partial charge in [-0.15, -0.1) is 0 Å². The molecule has 2 aromatic rings. The maximum atomic E-state index is 13.3. The number of sulfonamides is 1. The van der Waals surface area contributed by atoms with Crippen molar-refractivity contribution in [2.24, 2.45) is 5.92 Å². The lowest BCUT2D eigenvalue weighted by molar-refractivity contribution is 0.0682. The van der Waals surface area contributed by atoms with Crippen molar-refractivity contribution in [1.82, 2.24) is 9.29 Å². The zero-order valence-corrected chi connectivity index (χ0v) is 17.4. The topological polar surface area (TPSA) is 80.8 Å². The van der Waals surface area contributed by atoms with E-state index in [1.54, 1.807) is 23.7 Å².